The van der Waals surface area contributed by atoms with Crippen molar-refractivity contribution >= 4 is 64.2 Å². The van der Waals surface area contributed by atoms with Crippen molar-refractivity contribution in [3.05, 3.63) is 152 Å². The van der Waals surface area contributed by atoms with Gasteiger partial charge in [0.25, 0.3) is 0 Å². The van der Waals surface area contributed by atoms with Crippen LogP contribution in [0.4, 0.5) is 0 Å². The van der Waals surface area contributed by atoms with E-state index in [1.165, 1.54) is 26.2 Å². The minimum absolute atomic E-state index is 0.609. The predicted octanol–water partition coefficient (Wildman–Crippen LogP) is 12.0. The van der Waals surface area contributed by atoms with E-state index in [2.05, 4.69) is 121 Å². The van der Waals surface area contributed by atoms with Crippen LogP contribution in [-0.4, -0.2) is 15.0 Å². The Morgan fingerprint density at radius 1 is 0.375 bits per heavy atom. The van der Waals surface area contributed by atoms with Gasteiger partial charge in [0.2, 0.25) is 0 Å². The van der Waals surface area contributed by atoms with E-state index < -0.39 is 0 Å². The highest BCUT2D eigenvalue weighted by Crippen LogP contribution is 2.42. The van der Waals surface area contributed by atoms with Gasteiger partial charge in [-0.05, 0) is 46.2 Å². The third-order valence-corrected chi connectivity index (χ3v) is 10.4. The molecule has 3 aromatic heterocycles. The van der Waals surface area contributed by atoms with Crippen LogP contribution >= 0.6 is 11.3 Å². The molecule has 5 heteroatoms. The van der Waals surface area contributed by atoms with Gasteiger partial charge < -0.3 is 4.42 Å². The lowest BCUT2D eigenvalue weighted by Gasteiger charge is -2.14. The monoisotopic (exact) mass is 631 g/mol. The van der Waals surface area contributed by atoms with Gasteiger partial charge in [0.05, 0.1) is 0 Å². The first kappa shape index (κ1) is 27.0. The van der Waals surface area contributed by atoms with E-state index in [-0.39, 0.29) is 0 Å². The van der Waals surface area contributed by atoms with Gasteiger partial charge in [-0.2, -0.15) is 0 Å². The van der Waals surface area contributed by atoms with Crippen LogP contribution in [0.25, 0.3) is 98.2 Å². The zero-order valence-corrected chi connectivity index (χ0v) is 26.4. The van der Waals surface area contributed by atoms with E-state index in [0.717, 1.165) is 54.5 Å². The highest BCUT2D eigenvalue weighted by Gasteiger charge is 2.21. The molecular weight excluding hydrogens is 607 g/mol. The number of benzene rings is 7. The summed E-state index contributed by atoms with van der Waals surface area (Å²) in [6.07, 6.45) is 0. The zero-order chi connectivity index (χ0) is 31.6. The van der Waals surface area contributed by atoms with Gasteiger partial charge in [-0.15, -0.1) is 11.3 Å². The van der Waals surface area contributed by atoms with Crippen molar-refractivity contribution in [2.24, 2.45) is 0 Å². The maximum absolute atomic E-state index is 6.28. The smallest absolute Gasteiger partial charge is 0.165 e. The Balaban J connectivity index is 1.28. The molecule has 48 heavy (non-hydrogen) atoms. The third kappa shape index (κ3) is 4.18. The summed E-state index contributed by atoms with van der Waals surface area (Å²) in [5.74, 6) is 1.88. The first-order valence-electron chi connectivity index (χ1n) is 15.9. The number of thiophene rings is 1. The number of hydrogen-bond acceptors (Lipinski definition) is 5. The predicted molar refractivity (Wildman–Crippen MR) is 199 cm³/mol. The fourth-order valence-electron chi connectivity index (χ4n) is 6.99. The molecule has 0 radical (unpaired) electrons. The Labute approximate surface area is 279 Å². The van der Waals surface area contributed by atoms with Crippen LogP contribution < -0.4 is 0 Å². The molecule has 0 spiro atoms. The highest BCUT2D eigenvalue weighted by atomic mass is 32.1. The number of rotatable bonds is 4. The summed E-state index contributed by atoms with van der Waals surface area (Å²) in [7, 11) is 0. The molecule has 10 aromatic rings. The van der Waals surface area contributed by atoms with Crippen LogP contribution in [0, 0.1) is 0 Å². The van der Waals surface area contributed by atoms with E-state index in [9.17, 15) is 0 Å². The van der Waals surface area contributed by atoms with Crippen LogP contribution in [0.1, 0.15) is 0 Å². The van der Waals surface area contributed by atoms with Crippen LogP contribution in [0.15, 0.2) is 156 Å². The van der Waals surface area contributed by atoms with Crippen molar-refractivity contribution in [1.82, 2.24) is 15.0 Å². The Kier molecular flexibility index (Phi) is 6.01. The lowest BCUT2D eigenvalue weighted by molar-refractivity contribution is 0.669. The lowest BCUT2D eigenvalue weighted by Crippen LogP contribution is -2.01. The molecule has 0 aliphatic carbocycles. The number of fused-ring (bicyclic) bond motifs is 7. The number of nitrogens with zero attached hydrogens (tertiary/aromatic N) is 3. The second-order valence-electron chi connectivity index (χ2n) is 11.9. The van der Waals surface area contributed by atoms with Gasteiger partial charge in [-0.3, -0.25) is 0 Å². The lowest BCUT2D eigenvalue weighted by atomic mass is 9.94. The summed E-state index contributed by atoms with van der Waals surface area (Å²) >= 11 is 1.78. The summed E-state index contributed by atoms with van der Waals surface area (Å²) < 4.78 is 8.69. The van der Waals surface area contributed by atoms with Crippen LogP contribution in [0.5, 0.6) is 0 Å². The summed E-state index contributed by atoms with van der Waals surface area (Å²) in [4.78, 5) is 15.8. The first-order valence-corrected chi connectivity index (χ1v) is 16.8. The molecule has 0 atom stereocenters. The topological polar surface area (TPSA) is 51.8 Å². The van der Waals surface area contributed by atoms with Gasteiger partial charge >= 0.3 is 0 Å². The van der Waals surface area contributed by atoms with E-state index in [0.29, 0.717) is 17.5 Å². The SMILES string of the molecule is c1ccc(-c2cccc3ccccc23)c(-c2nc(-c3cccc4c3sc3ccccc34)nc(-c3cccc4oc5ccccc5c34)n2)c1. The average Bonchev–Trinajstić information content (AvgIpc) is 3.73. The van der Waals surface area contributed by atoms with Crippen LogP contribution in [0.3, 0.4) is 0 Å². The quantitative estimate of drug-likeness (QED) is 0.194. The largest absolute Gasteiger partial charge is 0.456 e. The molecular formula is C43H25N3OS. The molecule has 7 aromatic carbocycles. The molecule has 10 rings (SSSR count). The van der Waals surface area contributed by atoms with E-state index in [1.807, 2.05) is 30.3 Å². The normalized spacial score (nSPS) is 11.8. The molecule has 0 unspecified atom stereocenters. The van der Waals surface area contributed by atoms with Gasteiger partial charge in [0, 0.05) is 47.6 Å². The number of furan rings is 1. The molecule has 0 saturated carbocycles. The molecule has 3 heterocycles. The molecule has 0 bridgehead atoms. The standard InChI is InChI=1S/C43H25N3OS/c1-2-14-27-26(12-1)13-9-19-28(27)29-15-3-4-17-32(29)41-44-42(34-21-11-24-37-39(34)33-18-5-7-23-36(33)47-37)46-43(45-41)35-22-10-20-31-30-16-6-8-25-38(30)48-40(31)35/h1-25H. The second kappa shape index (κ2) is 10.7. The zero-order valence-electron chi connectivity index (χ0n) is 25.6. The summed E-state index contributed by atoms with van der Waals surface area (Å²) in [5, 5.41) is 6.86. The van der Waals surface area contributed by atoms with Gasteiger partial charge in [0.15, 0.2) is 17.5 Å². The highest BCUT2D eigenvalue weighted by molar-refractivity contribution is 7.26. The third-order valence-electron chi connectivity index (χ3n) is 9.17. The van der Waals surface area contributed by atoms with Crippen LogP contribution in [0.2, 0.25) is 0 Å². The molecule has 0 fully saturated rings. The molecule has 0 aliphatic rings. The van der Waals surface area contributed by atoms with Crippen molar-refractivity contribution < 1.29 is 4.42 Å². The van der Waals surface area contributed by atoms with E-state index in [4.69, 9.17) is 19.4 Å². The van der Waals surface area contributed by atoms with Gasteiger partial charge in [0.1, 0.15) is 11.2 Å². The van der Waals surface area contributed by atoms with Gasteiger partial charge in [-0.25, -0.2) is 15.0 Å². The Morgan fingerprint density at radius 3 is 1.81 bits per heavy atom. The minimum atomic E-state index is 0.609. The summed E-state index contributed by atoms with van der Waals surface area (Å²) in [6.45, 7) is 0. The van der Waals surface area contributed by atoms with Crippen molar-refractivity contribution in [3.63, 3.8) is 0 Å². The minimum Gasteiger partial charge on any atom is -0.456 e. The first-order chi connectivity index (χ1) is 23.8. The van der Waals surface area contributed by atoms with Crippen molar-refractivity contribution in [2.45, 2.75) is 0 Å². The van der Waals surface area contributed by atoms with E-state index in [1.54, 1.807) is 11.3 Å². The maximum Gasteiger partial charge on any atom is 0.165 e. The molecule has 0 saturated heterocycles. The maximum atomic E-state index is 6.28. The van der Waals surface area contributed by atoms with E-state index >= 15 is 0 Å². The molecule has 4 nitrogen and oxygen atoms in total. The Bertz CT molecular complexity index is 2860. The molecule has 224 valence electrons. The number of aromatic nitrogens is 3. The Morgan fingerprint density at radius 2 is 0.917 bits per heavy atom. The molecule has 0 N–H and O–H groups in total. The Hall–Kier alpha value is -6.17. The van der Waals surface area contributed by atoms with Crippen molar-refractivity contribution in [1.29, 1.82) is 0 Å². The average molecular weight is 632 g/mol. The number of para-hydroxylation sites is 1. The summed E-state index contributed by atoms with van der Waals surface area (Å²) in [6, 6.07) is 52.6. The van der Waals surface area contributed by atoms with Gasteiger partial charge in [-0.1, -0.05) is 127 Å². The summed E-state index contributed by atoms with van der Waals surface area (Å²) in [5.41, 5.74) is 6.71. The van der Waals surface area contributed by atoms with Crippen molar-refractivity contribution in [3.8, 4) is 45.3 Å². The molecule has 0 amide bonds. The second-order valence-corrected chi connectivity index (χ2v) is 13.0. The fraction of sp³-hybridized carbons (Fsp3) is 0. The fourth-order valence-corrected chi connectivity index (χ4v) is 8.21. The molecule has 0 aliphatic heterocycles. The van der Waals surface area contributed by atoms with Crippen LogP contribution in [-0.2, 0) is 0 Å². The van der Waals surface area contributed by atoms with Crippen molar-refractivity contribution in [2.75, 3.05) is 0 Å². The number of hydrogen-bond donors (Lipinski definition) is 0.